The van der Waals surface area contributed by atoms with Gasteiger partial charge in [0.2, 0.25) is 0 Å². The van der Waals surface area contributed by atoms with Crippen molar-refractivity contribution in [2.75, 3.05) is 13.7 Å². The van der Waals surface area contributed by atoms with Gasteiger partial charge in [-0.05, 0) is 56.8 Å². The molecule has 2 heteroatoms. The molecule has 0 radical (unpaired) electrons. The molecule has 0 amide bonds. The molecule has 0 spiro atoms. The van der Waals surface area contributed by atoms with Gasteiger partial charge in [0.1, 0.15) is 0 Å². The fraction of sp³-hybridized carbons (Fsp3) is 0.933. The van der Waals surface area contributed by atoms with E-state index in [0.29, 0.717) is 0 Å². The molecule has 98 valence electrons. The standard InChI is InChI=1S/C15H27NO/c1-13(2)14-6-9-15(12-16,10-7-14)8-4-5-11-17-3/h13-14H,4-11H2,1-3H3. The quantitative estimate of drug-likeness (QED) is 0.650. The number of hydrogen-bond donors (Lipinski definition) is 0. The van der Waals surface area contributed by atoms with E-state index < -0.39 is 0 Å². The number of nitrogens with zero attached hydrogens (tertiary/aromatic N) is 1. The van der Waals surface area contributed by atoms with Crippen LogP contribution in [0.4, 0.5) is 0 Å². The summed E-state index contributed by atoms with van der Waals surface area (Å²) in [6.45, 7) is 5.45. The molecule has 0 N–H and O–H groups in total. The predicted molar refractivity (Wildman–Crippen MR) is 70.6 cm³/mol. The third-order valence-corrected chi connectivity index (χ3v) is 4.42. The van der Waals surface area contributed by atoms with Crippen molar-refractivity contribution in [1.29, 1.82) is 5.26 Å². The monoisotopic (exact) mass is 237 g/mol. The van der Waals surface area contributed by atoms with E-state index in [1.165, 1.54) is 12.8 Å². The molecule has 0 aromatic heterocycles. The highest BCUT2D eigenvalue weighted by atomic mass is 16.5. The van der Waals surface area contributed by atoms with Gasteiger partial charge in [-0.3, -0.25) is 0 Å². The summed E-state index contributed by atoms with van der Waals surface area (Å²) >= 11 is 0. The molecule has 2 nitrogen and oxygen atoms in total. The van der Waals surface area contributed by atoms with Crippen molar-refractivity contribution in [3.63, 3.8) is 0 Å². The predicted octanol–water partition coefficient (Wildman–Crippen LogP) is 4.16. The number of hydrogen-bond acceptors (Lipinski definition) is 2. The second kappa shape index (κ2) is 7.01. The summed E-state index contributed by atoms with van der Waals surface area (Å²) in [6.07, 6.45) is 8.00. The number of unbranched alkanes of at least 4 members (excludes halogenated alkanes) is 1. The maximum Gasteiger partial charge on any atom is 0.0689 e. The molecule has 1 aliphatic carbocycles. The number of ether oxygens (including phenoxy) is 1. The fourth-order valence-electron chi connectivity index (χ4n) is 2.99. The summed E-state index contributed by atoms with van der Waals surface area (Å²) in [5.41, 5.74) is -0.0148. The minimum absolute atomic E-state index is 0.0148. The van der Waals surface area contributed by atoms with Gasteiger partial charge in [0.25, 0.3) is 0 Å². The van der Waals surface area contributed by atoms with E-state index in [1.54, 1.807) is 7.11 Å². The van der Waals surface area contributed by atoms with Gasteiger partial charge in [-0.2, -0.15) is 5.26 Å². The van der Waals surface area contributed by atoms with Crippen LogP contribution in [0.1, 0.15) is 58.8 Å². The van der Waals surface area contributed by atoms with Crippen molar-refractivity contribution >= 4 is 0 Å². The summed E-state index contributed by atoms with van der Waals surface area (Å²) in [5, 5.41) is 9.44. The second-order valence-corrected chi connectivity index (χ2v) is 5.92. The molecule has 1 aliphatic rings. The molecule has 0 aliphatic heterocycles. The number of rotatable bonds is 6. The first-order valence-electron chi connectivity index (χ1n) is 7.04. The van der Waals surface area contributed by atoms with Crippen molar-refractivity contribution in [2.24, 2.45) is 17.3 Å². The SMILES string of the molecule is COCCCCC1(C#N)CCC(C(C)C)CC1. The summed E-state index contributed by atoms with van der Waals surface area (Å²) in [4.78, 5) is 0. The van der Waals surface area contributed by atoms with Crippen LogP contribution in [0.25, 0.3) is 0 Å². The average Bonchev–Trinajstić information content (AvgIpc) is 2.35. The van der Waals surface area contributed by atoms with E-state index in [1.807, 2.05) is 0 Å². The lowest BCUT2D eigenvalue weighted by Gasteiger charge is -2.36. The maximum absolute atomic E-state index is 9.44. The minimum Gasteiger partial charge on any atom is -0.385 e. The summed E-state index contributed by atoms with van der Waals surface area (Å²) in [7, 11) is 1.74. The van der Waals surface area contributed by atoms with Gasteiger partial charge in [-0.15, -0.1) is 0 Å². The van der Waals surface area contributed by atoms with E-state index >= 15 is 0 Å². The van der Waals surface area contributed by atoms with Gasteiger partial charge in [-0.1, -0.05) is 13.8 Å². The van der Waals surface area contributed by atoms with Gasteiger partial charge in [0.05, 0.1) is 11.5 Å². The molecular weight excluding hydrogens is 210 g/mol. The smallest absolute Gasteiger partial charge is 0.0689 e. The molecule has 1 fully saturated rings. The van der Waals surface area contributed by atoms with Crippen LogP contribution >= 0.6 is 0 Å². The Kier molecular flexibility index (Phi) is 5.98. The highest BCUT2D eigenvalue weighted by Crippen LogP contribution is 2.44. The van der Waals surface area contributed by atoms with Crippen LogP contribution in [0.2, 0.25) is 0 Å². The summed E-state index contributed by atoms with van der Waals surface area (Å²) < 4.78 is 5.06. The van der Waals surface area contributed by atoms with E-state index in [4.69, 9.17) is 4.74 Å². The Hall–Kier alpha value is -0.550. The Labute approximate surface area is 106 Å². The lowest BCUT2D eigenvalue weighted by atomic mass is 9.67. The molecule has 0 atom stereocenters. The first-order chi connectivity index (χ1) is 8.13. The Morgan fingerprint density at radius 2 is 1.94 bits per heavy atom. The summed E-state index contributed by atoms with van der Waals surface area (Å²) in [5.74, 6) is 1.62. The molecule has 0 saturated heterocycles. The number of methoxy groups -OCH3 is 1. The fourth-order valence-corrected chi connectivity index (χ4v) is 2.99. The van der Waals surface area contributed by atoms with Crippen LogP contribution < -0.4 is 0 Å². The minimum atomic E-state index is -0.0148. The molecule has 0 unspecified atom stereocenters. The Balaban J connectivity index is 2.36. The van der Waals surface area contributed by atoms with E-state index in [9.17, 15) is 5.26 Å². The molecule has 0 bridgehead atoms. The highest BCUT2D eigenvalue weighted by molar-refractivity contribution is 5.01. The van der Waals surface area contributed by atoms with Crippen LogP contribution in [0.15, 0.2) is 0 Å². The van der Waals surface area contributed by atoms with Gasteiger partial charge < -0.3 is 4.74 Å². The van der Waals surface area contributed by atoms with Gasteiger partial charge in [0, 0.05) is 13.7 Å². The third kappa shape index (κ3) is 4.32. The topological polar surface area (TPSA) is 33.0 Å². The van der Waals surface area contributed by atoms with Crippen LogP contribution in [0.3, 0.4) is 0 Å². The van der Waals surface area contributed by atoms with Gasteiger partial charge in [0.15, 0.2) is 0 Å². The zero-order valence-electron chi connectivity index (χ0n) is 11.7. The maximum atomic E-state index is 9.44. The number of nitriles is 1. The van der Waals surface area contributed by atoms with Crippen LogP contribution in [0.5, 0.6) is 0 Å². The zero-order chi connectivity index (χ0) is 12.7. The Morgan fingerprint density at radius 1 is 1.29 bits per heavy atom. The molecular formula is C15H27NO. The molecule has 0 aromatic rings. The Bertz CT molecular complexity index is 246. The summed E-state index contributed by atoms with van der Waals surface area (Å²) in [6, 6.07) is 2.61. The van der Waals surface area contributed by atoms with Crippen molar-refractivity contribution in [3.8, 4) is 6.07 Å². The van der Waals surface area contributed by atoms with E-state index in [0.717, 1.165) is 50.5 Å². The molecule has 0 heterocycles. The van der Waals surface area contributed by atoms with Gasteiger partial charge >= 0.3 is 0 Å². The molecule has 17 heavy (non-hydrogen) atoms. The largest absolute Gasteiger partial charge is 0.385 e. The molecule has 1 rings (SSSR count). The van der Waals surface area contributed by atoms with Crippen molar-refractivity contribution in [3.05, 3.63) is 0 Å². The second-order valence-electron chi connectivity index (χ2n) is 5.92. The zero-order valence-corrected chi connectivity index (χ0v) is 11.7. The Morgan fingerprint density at radius 3 is 2.41 bits per heavy atom. The normalized spacial score (nSPS) is 29.2. The molecule has 1 saturated carbocycles. The lowest BCUT2D eigenvalue weighted by Crippen LogP contribution is -2.28. The van der Waals surface area contributed by atoms with Gasteiger partial charge in [-0.25, -0.2) is 0 Å². The van der Waals surface area contributed by atoms with Crippen LogP contribution in [0, 0.1) is 28.6 Å². The van der Waals surface area contributed by atoms with E-state index in [2.05, 4.69) is 19.9 Å². The average molecular weight is 237 g/mol. The van der Waals surface area contributed by atoms with Crippen molar-refractivity contribution in [2.45, 2.75) is 58.8 Å². The third-order valence-electron chi connectivity index (χ3n) is 4.42. The highest BCUT2D eigenvalue weighted by Gasteiger charge is 2.35. The first-order valence-corrected chi connectivity index (χ1v) is 7.04. The van der Waals surface area contributed by atoms with Crippen molar-refractivity contribution < 1.29 is 4.74 Å². The van der Waals surface area contributed by atoms with Crippen LogP contribution in [-0.2, 0) is 4.74 Å². The van der Waals surface area contributed by atoms with Crippen molar-refractivity contribution in [1.82, 2.24) is 0 Å². The van der Waals surface area contributed by atoms with E-state index in [-0.39, 0.29) is 5.41 Å². The van der Waals surface area contributed by atoms with Crippen LogP contribution in [-0.4, -0.2) is 13.7 Å². The first kappa shape index (κ1) is 14.5. The lowest BCUT2D eigenvalue weighted by molar-refractivity contribution is 0.152. The molecule has 0 aromatic carbocycles.